The van der Waals surface area contributed by atoms with Crippen LogP contribution in [0.25, 0.3) is 0 Å². The molecule has 0 aliphatic rings. The summed E-state index contributed by atoms with van der Waals surface area (Å²) in [6.07, 6.45) is 0.664. The number of carbonyl (C=O) groups excluding carboxylic acids is 2. The van der Waals surface area contributed by atoms with Crippen LogP contribution in [0.2, 0.25) is 0 Å². The van der Waals surface area contributed by atoms with Crippen molar-refractivity contribution in [3.63, 3.8) is 0 Å². The van der Waals surface area contributed by atoms with E-state index in [9.17, 15) is 9.59 Å². The van der Waals surface area contributed by atoms with Crippen molar-refractivity contribution in [1.82, 2.24) is 10.3 Å². The standard InChI is InChI=1S/C16H20N4O2S.ClH/c1-10(2)18-15(21)11-3-5-12(6-4-11)19-16(22)13-9-23-14(20-13)7-8-17;/h3-6,9-10H,7-8,17H2,1-2H3,(H,18,21)(H,19,22);1H. The summed E-state index contributed by atoms with van der Waals surface area (Å²) in [5.74, 6) is -0.410. The number of nitrogens with two attached hydrogens (primary N) is 1. The molecule has 2 rings (SSSR count). The van der Waals surface area contributed by atoms with Gasteiger partial charge < -0.3 is 16.4 Å². The molecule has 0 fully saturated rings. The molecule has 0 unspecified atom stereocenters. The largest absolute Gasteiger partial charge is 0.350 e. The highest BCUT2D eigenvalue weighted by atomic mass is 35.5. The number of carbonyl (C=O) groups is 2. The van der Waals surface area contributed by atoms with Gasteiger partial charge in [-0.1, -0.05) is 0 Å². The van der Waals surface area contributed by atoms with Crippen LogP contribution in [0.3, 0.4) is 0 Å². The summed E-state index contributed by atoms with van der Waals surface area (Å²) in [4.78, 5) is 28.2. The van der Waals surface area contributed by atoms with Gasteiger partial charge in [0.15, 0.2) is 0 Å². The van der Waals surface area contributed by atoms with Crippen molar-refractivity contribution in [3.8, 4) is 0 Å². The van der Waals surface area contributed by atoms with Gasteiger partial charge in [-0.25, -0.2) is 4.98 Å². The lowest BCUT2D eigenvalue weighted by Gasteiger charge is -2.09. The zero-order valence-corrected chi connectivity index (χ0v) is 15.2. The van der Waals surface area contributed by atoms with Crippen molar-refractivity contribution in [1.29, 1.82) is 0 Å². The Morgan fingerprint density at radius 3 is 2.46 bits per heavy atom. The molecule has 0 radical (unpaired) electrons. The molecule has 1 aromatic heterocycles. The van der Waals surface area contributed by atoms with Crippen LogP contribution >= 0.6 is 23.7 Å². The van der Waals surface area contributed by atoms with Crippen molar-refractivity contribution in [3.05, 3.63) is 45.9 Å². The lowest BCUT2D eigenvalue weighted by atomic mass is 10.2. The van der Waals surface area contributed by atoms with Crippen LogP contribution in [0, 0.1) is 0 Å². The van der Waals surface area contributed by atoms with Crippen molar-refractivity contribution in [2.24, 2.45) is 5.73 Å². The van der Waals surface area contributed by atoms with Gasteiger partial charge in [-0.3, -0.25) is 9.59 Å². The van der Waals surface area contributed by atoms with Gasteiger partial charge >= 0.3 is 0 Å². The van der Waals surface area contributed by atoms with Gasteiger partial charge in [-0.2, -0.15) is 0 Å². The van der Waals surface area contributed by atoms with E-state index in [2.05, 4.69) is 15.6 Å². The summed E-state index contributed by atoms with van der Waals surface area (Å²) < 4.78 is 0. The normalized spacial score (nSPS) is 10.2. The number of thiazole rings is 1. The number of hydrogen-bond acceptors (Lipinski definition) is 5. The Hall–Kier alpha value is -1.96. The van der Waals surface area contributed by atoms with Gasteiger partial charge in [-0.05, 0) is 44.7 Å². The molecule has 0 saturated carbocycles. The average molecular weight is 369 g/mol. The van der Waals surface area contributed by atoms with Crippen LogP contribution in [0.15, 0.2) is 29.6 Å². The van der Waals surface area contributed by atoms with E-state index in [0.29, 0.717) is 29.9 Å². The topological polar surface area (TPSA) is 97.1 Å². The minimum atomic E-state index is -0.274. The fourth-order valence-electron chi connectivity index (χ4n) is 1.90. The highest BCUT2D eigenvalue weighted by molar-refractivity contribution is 7.09. The van der Waals surface area contributed by atoms with Gasteiger partial charge in [0.25, 0.3) is 11.8 Å². The van der Waals surface area contributed by atoms with Gasteiger partial charge in [0, 0.05) is 29.1 Å². The van der Waals surface area contributed by atoms with E-state index in [-0.39, 0.29) is 30.3 Å². The summed E-state index contributed by atoms with van der Waals surface area (Å²) in [6, 6.07) is 6.82. The van der Waals surface area contributed by atoms with Gasteiger partial charge in [-0.15, -0.1) is 23.7 Å². The molecule has 0 aliphatic heterocycles. The Kier molecular flexibility index (Phi) is 7.84. The maximum Gasteiger partial charge on any atom is 0.275 e. The van der Waals surface area contributed by atoms with Crippen LogP contribution in [0.5, 0.6) is 0 Å². The number of nitrogens with zero attached hydrogens (tertiary/aromatic N) is 1. The average Bonchev–Trinajstić information content (AvgIpc) is 2.96. The van der Waals surface area contributed by atoms with Crippen molar-refractivity contribution in [2.75, 3.05) is 11.9 Å². The van der Waals surface area contributed by atoms with Crippen LogP contribution < -0.4 is 16.4 Å². The molecule has 2 amide bonds. The molecule has 0 saturated heterocycles. The van der Waals surface area contributed by atoms with E-state index in [1.165, 1.54) is 11.3 Å². The minimum absolute atomic E-state index is 0. The molecule has 1 aromatic carbocycles. The van der Waals surface area contributed by atoms with Crippen LogP contribution in [0.1, 0.15) is 39.7 Å². The number of rotatable bonds is 6. The number of benzene rings is 1. The lowest BCUT2D eigenvalue weighted by Crippen LogP contribution is -2.30. The minimum Gasteiger partial charge on any atom is -0.350 e. The SMILES string of the molecule is CC(C)NC(=O)c1ccc(NC(=O)c2csc(CCN)n2)cc1.Cl. The second-order valence-electron chi connectivity index (χ2n) is 5.32. The van der Waals surface area contributed by atoms with E-state index in [0.717, 1.165) is 5.01 Å². The van der Waals surface area contributed by atoms with Crippen molar-refractivity contribution < 1.29 is 9.59 Å². The predicted molar refractivity (Wildman–Crippen MR) is 99.1 cm³/mol. The zero-order chi connectivity index (χ0) is 16.8. The molecule has 8 heteroatoms. The number of aromatic nitrogens is 1. The highest BCUT2D eigenvalue weighted by Gasteiger charge is 2.12. The summed E-state index contributed by atoms with van der Waals surface area (Å²) in [5.41, 5.74) is 7.01. The summed E-state index contributed by atoms with van der Waals surface area (Å²) in [7, 11) is 0. The fraction of sp³-hybridized carbons (Fsp3) is 0.312. The van der Waals surface area contributed by atoms with Gasteiger partial charge in [0.1, 0.15) is 5.69 Å². The number of anilines is 1. The first-order chi connectivity index (χ1) is 11.0. The number of halogens is 1. The van der Waals surface area contributed by atoms with E-state index >= 15 is 0 Å². The molecule has 0 aliphatic carbocycles. The first kappa shape index (κ1) is 20.1. The van der Waals surface area contributed by atoms with Crippen LogP contribution in [-0.2, 0) is 6.42 Å². The third-order valence-corrected chi connectivity index (χ3v) is 3.88. The smallest absolute Gasteiger partial charge is 0.275 e. The van der Waals surface area contributed by atoms with Crippen molar-refractivity contribution >= 4 is 41.2 Å². The van der Waals surface area contributed by atoms with E-state index < -0.39 is 0 Å². The second kappa shape index (κ2) is 9.36. The first-order valence-corrected chi connectivity index (χ1v) is 8.24. The van der Waals surface area contributed by atoms with Crippen LogP contribution in [0.4, 0.5) is 5.69 Å². The molecule has 0 spiro atoms. The maximum atomic E-state index is 12.1. The third-order valence-electron chi connectivity index (χ3n) is 2.97. The number of nitrogens with one attached hydrogen (secondary N) is 2. The molecular formula is C16H21ClN4O2S. The monoisotopic (exact) mass is 368 g/mol. The van der Waals surface area contributed by atoms with Gasteiger partial charge in [0.05, 0.1) is 5.01 Å². The molecule has 0 bridgehead atoms. The van der Waals surface area contributed by atoms with Crippen LogP contribution in [-0.4, -0.2) is 29.4 Å². The Balaban J connectivity index is 0.00000288. The van der Waals surface area contributed by atoms with E-state index in [1.807, 2.05) is 13.8 Å². The molecule has 24 heavy (non-hydrogen) atoms. The highest BCUT2D eigenvalue weighted by Crippen LogP contribution is 2.14. The zero-order valence-electron chi connectivity index (χ0n) is 13.5. The second-order valence-corrected chi connectivity index (χ2v) is 6.27. The molecular weight excluding hydrogens is 348 g/mol. The molecule has 2 aromatic rings. The summed E-state index contributed by atoms with van der Waals surface area (Å²) >= 11 is 1.42. The molecule has 0 atom stereocenters. The van der Waals surface area contributed by atoms with Crippen molar-refractivity contribution in [2.45, 2.75) is 26.3 Å². The summed E-state index contributed by atoms with van der Waals surface area (Å²) in [6.45, 7) is 4.31. The Bertz CT molecular complexity index is 686. The molecule has 130 valence electrons. The number of hydrogen-bond donors (Lipinski definition) is 3. The first-order valence-electron chi connectivity index (χ1n) is 7.36. The van der Waals surface area contributed by atoms with E-state index in [1.54, 1.807) is 29.6 Å². The number of amides is 2. The molecule has 4 N–H and O–H groups in total. The molecule has 1 heterocycles. The quantitative estimate of drug-likeness (QED) is 0.729. The maximum absolute atomic E-state index is 12.1. The Morgan fingerprint density at radius 1 is 1.21 bits per heavy atom. The fourth-order valence-corrected chi connectivity index (χ4v) is 2.69. The van der Waals surface area contributed by atoms with Gasteiger partial charge in [0.2, 0.25) is 0 Å². The third kappa shape index (κ3) is 5.59. The lowest BCUT2D eigenvalue weighted by molar-refractivity contribution is 0.0942. The summed E-state index contributed by atoms with van der Waals surface area (Å²) in [5, 5.41) is 8.14. The Morgan fingerprint density at radius 2 is 1.88 bits per heavy atom. The Labute approximate surface area is 151 Å². The molecule has 6 nitrogen and oxygen atoms in total. The predicted octanol–water partition coefficient (Wildman–Crippen LogP) is 2.46. The van der Waals surface area contributed by atoms with E-state index in [4.69, 9.17) is 5.73 Å².